The molecule has 8 nitrogen and oxygen atoms in total. The molecule has 3 aromatic rings. The van der Waals surface area contributed by atoms with Gasteiger partial charge in [0.1, 0.15) is 6.54 Å². The van der Waals surface area contributed by atoms with Crippen molar-refractivity contribution < 1.29 is 14.1 Å². The lowest BCUT2D eigenvalue weighted by Crippen LogP contribution is -2.32. The zero-order chi connectivity index (χ0) is 18.8. The van der Waals surface area contributed by atoms with Gasteiger partial charge in [-0.05, 0) is 24.1 Å². The van der Waals surface area contributed by atoms with E-state index in [0.29, 0.717) is 12.1 Å². The fourth-order valence-corrected chi connectivity index (χ4v) is 2.71. The van der Waals surface area contributed by atoms with Crippen molar-refractivity contribution in [2.24, 2.45) is 0 Å². The van der Waals surface area contributed by atoms with E-state index in [1.54, 1.807) is 7.05 Å². The Kier molecular flexibility index (Phi) is 4.57. The minimum absolute atomic E-state index is 0.0820. The highest BCUT2D eigenvalue weighted by Gasteiger charge is 2.18. The number of hydrogen-bond acceptors (Lipinski definition) is 5. The number of non-ortho nitro benzene ring substituents is 1. The normalized spacial score (nSPS) is 10.8. The molecule has 0 unspecified atom stereocenters. The molecule has 26 heavy (non-hydrogen) atoms. The lowest BCUT2D eigenvalue weighted by Gasteiger charge is -2.18. The molecular weight excluding hydrogens is 338 g/mol. The van der Waals surface area contributed by atoms with Crippen molar-refractivity contribution in [1.29, 1.82) is 0 Å². The van der Waals surface area contributed by atoms with E-state index in [-0.39, 0.29) is 23.7 Å². The first kappa shape index (κ1) is 17.4. The van der Waals surface area contributed by atoms with Gasteiger partial charge in [-0.25, -0.2) is 4.79 Å². The molecule has 0 radical (unpaired) electrons. The van der Waals surface area contributed by atoms with Crippen LogP contribution in [-0.4, -0.2) is 27.3 Å². The van der Waals surface area contributed by atoms with Crippen LogP contribution in [0.2, 0.25) is 0 Å². The highest BCUT2D eigenvalue weighted by atomic mass is 16.6. The Morgan fingerprint density at radius 2 is 2.00 bits per heavy atom. The largest absolute Gasteiger partial charge is 0.420 e. The van der Waals surface area contributed by atoms with Crippen LogP contribution >= 0.6 is 0 Å². The summed E-state index contributed by atoms with van der Waals surface area (Å²) in [5.41, 5.74) is 2.34. The van der Waals surface area contributed by atoms with Gasteiger partial charge >= 0.3 is 5.76 Å². The number of likely N-dealkylation sites (N-methyl/N-ethyl adjacent to an activating group) is 1. The van der Waals surface area contributed by atoms with Crippen molar-refractivity contribution in [3.63, 3.8) is 0 Å². The minimum Gasteiger partial charge on any atom is -0.407 e. The van der Waals surface area contributed by atoms with Gasteiger partial charge in [0, 0.05) is 19.7 Å². The number of amides is 1. The van der Waals surface area contributed by atoms with Gasteiger partial charge < -0.3 is 9.32 Å². The molecule has 1 aromatic heterocycles. The number of hydrogen-bond donors (Lipinski definition) is 0. The molecule has 0 fully saturated rings. The Bertz CT molecular complexity index is 1050. The first-order valence-electron chi connectivity index (χ1n) is 7.93. The highest BCUT2D eigenvalue weighted by Crippen LogP contribution is 2.20. The van der Waals surface area contributed by atoms with Gasteiger partial charge in [0.15, 0.2) is 5.58 Å². The highest BCUT2D eigenvalue weighted by molar-refractivity contribution is 5.80. The Balaban J connectivity index is 1.83. The maximum absolute atomic E-state index is 12.5. The molecule has 0 aliphatic carbocycles. The van der Waals surface area contributed by atoms with Crippen LogP contribution < -0.4 is 5.76 Å². The van der Waals surface area contributed by atoms with Crippen LogP contribution in [0.1, 0.15) is 11.1 Å². The second-order valence-electron chi connectivity index (χ2n) is 6.04. The third kappa shape index (κ3) is 3.34. The molecule has 3 rings (SSSR count). The number of carbonyl (C=O) groups excluding carboxylic acids is 1. The van der Waals surface area contributed by atoms with Crippen LogP contribution in [-0.2, 0) is 17.9 Å². The number of benzene rings is 2. The van der Waals surface area contributed by atoms with Crippen LogP contribution in [0.5, 0.6) is 0 Å². The summed E-state index contributed by atoms with van der Waals surface area (Å²) in [7, 11) is 1.66. The summed E-state index contributed by atoms with van der Waals surface area (Å²) in [5.74, 6) is -0.991. The van der Waals surface area contributed by atoms with Crippen LogP contribution in [0.4, 0.5) is 5.69 Å². The van der Waals surface area contributed by atoms with E-state index in [2.05, 4.69) is 0 Å². The van der Waals surface area contributed by atoms with Crippen LogP contribution in [0.25, 0.3) is 11.1 Å². The van der Waals surface area contributed by atoms with Crippen molar-refractivity contribution in [3.8, 4) is 0 Å². The molecule has 0 atom stereocenters. The Morgan fingerprint density at radius 1 is 1.27 bits per heavy atom. The maximum atomic E-state index is 12.5. The van der Waals surface area contributed by atoms with E-state index in [9.17, 15) is 19.7 Å². The summed E-state index contributed by atoms with van der Waals surface area (Å²) < 4.78 is 6.22. The van der Waals surface area contributed by atoms with Crippen LogP contribution in [0, 0.1) is 17.0 Å². The van der Waals surface area contributed by atoms with Gasteiger partial charge in [0.2, 0.25) is 5.91 Å². The monoisotopic (exact) mass is 355 g/mol. The second-order valence-corrected chi connectivity index (χ2v) is 6.04. The van der Waals surface area contributed by atoms with Crippen LogP contribution in [0.3, 0.4) is 0 Å². The molecule has 0 saturated heterocycles. The Morgan fingerprint density at radius 3 is 2.69 bits per heavy atom. The summed E-state index contributed by atoms with van der Waals surface area (Å²) in [6.45, 7) is 2.18. The van der Waals surface area contributed by atoms with Gasteiger partial charge in [-0.15, -0.1) is 0 Å². The lowest BCUT2D eigenvalue weighted by molar-refractivity contribution is -0.384. The van der Waals surface area contributed by atoms with Gasteiger partial charge in [0.25, 0.3) is 5.69 Å². The molecule has 0 spiro atoms. The lowest BCUT2D eigenvalue weighted by atomic mass is 10.1. The zero-order valence-electron chi connectivity index (χ0n) is 14.3. The van der Waals surface area contributed by atoms with E-state index in [1.807, 2.05) is 31.2 Å². The maximum Gasteiger partial charge on any atom is 0.420 e. The van der Waals surface area contributed by atoms with Crippen molar-refractivity contribution in [2.75, 3.05) is 7.05 Å². The van der Waals surface area contributed by atoms with Gasteiger partial charge in [0.05, 0.1) is 16.5 Å². The van der Waals surface area contributed by atoms with Gasteiger partial charge in [-0.2, -0.15) is 0 Å². The summed E-state index contributed by atoms with van der Waals surface area (Å²) in [6, 6.07) is 11.6. The Labute approximate surface area is 148 Å². The van der Waals surface area contributed by atoms with Crippen molar-refractivity contribution >= 4 is 22.7 Å². The molecule has 134 valence electrons. The molecule has 0 saturated carbocycles. The average molecular weight is 355 g/mol. The number of nitro benzene ring substituents is 1. The quantitative estimate of drug-likeness (QED) is 0.517. The van der Waals surface area contributed by atoms with Gasteiger partial charge in [-0.3, -0.25) is 19.5 Å². The molecule has 0 aliphatic heterocycles. The third-order valence-corrected chi connectivity index (χ3v) is 4.25. The summed E-state index contributed by atoms with van der Waals surface area (Å²) in [6.07, 6.45) is 0. The molecule has 8 heteroatoms. The molecular formula is C18H17N3O5. The number of rotatable bonds is 5. The van der Waals surface area contributed by atoms with Crippen molar-refractivity contribution in [3.05, 3.63) is 74.3 Å². The molecule has 0 bridgehead atoms. The number of aryl methyl sites for hydroxylation is 1. The predicted molar refractivity (Wildman–Crippen MR) is 94.8 cm³/mol. The van der Waals surface area contributed by atoms with Crippen LogP contribution in [0.15, 0.2) is 51.7 Å². The summed E-state index contributed by atoms with van der Waals surface area (Å²) in [5, 5.41) is 10.8. The van der Waals surface area contributed by atoms with E-state index >= 15 is 0 Å². The average Bonchev–Trinajstić information content (AvgIpc) is 2.91. The fourth-order valence-electron chi connectivity index (χ4n) is 2.71. The number of carbonyl (C=O) groups is 1. The standard InChI is InChI=1S/C18H17N3O5/c1-12-5-3-4-6-13(12)10-19(2)17(22)11-20-15-8-7-14(21(24)25)9-16(15)26-18(20)23/h3-9H,10-11H2,1-2H3. The summed E-state index contributed by atoms with van der Waals surface area (Å²) in [4.78, 5) is 36.3. The van der Waals surface area contributed by atoms with E-state index in [4.69, 9.17) is 4.42 Å². The molecule has 2 aromatic carbocycles. The number of nitrogens with zero attached hydrogens (tertiary/aromatic N) is 3. The predicted octanol–water partition coefficient (Wildman–Crippen LogP) is 2.47. The number of oxazole rings is 1. The zero-order valence-corrected chi connectivity index (χ0v) is 14.3. The Hall–Kier alpha value is -3.42. The van der Waals surface area contributed by atoms with Crippen molar-refractivity contribution in [2.45, 2.75) is 20.0 Å². The SMILES string of the molecule is Cc1ccccc1CN(C)C(=O)Cn1c(=O)oc2cc([N+](=O)[O-])ccc21. The smallest absolute Gasteiger partial charge is 0.407 e. The van der Waals surface area contributed by atoms with Gasteiger partial charge in [-0.1, -0.05) is 24.3 Å². The van der Waals surface area contributed by atoms with E-state index in [1.165, 1.54) is 27.7 Å². The molecule has 1 heterocycles. The third-order valence-electron chi connectivity index (χ3n) is 4.25. The topological polar surface area (TPSA) is 98.6 Å². The van der Waals surface area contributed by atoms with Crippen molar-refractivity contribution in [1.82, 2.24) is 9.47 Å². The van der Waals surface area contributed by atoms with E-state index in [0.717, 1.165) is 11.1 Å². The number of fused-ring (bicyclic) bond motifs is 1. The molecule has 0 aliphatic rings. The number of aromatic nitrogens is 1. The number of nitro groups is 1. The molecule has 0 N–H and O–H groups in total. The van der Waals surface area contributed by atoms with E-state index < -0.39 is 10.7 Å². The molecule has 1 amide bonds. The first-order valence-corrected chi connectivity index (χ1v) is 7.93. The second kappa shape index (κ2) is 6.83. The first-order chi connectivity index (χ1) is 12.4. The minimum atomic E-state index is -0.724. The summed E-state index contributed by atoms with van der Waals surface area (Å²) >= 11 is 0. The fraction of sp³-hybridized carbons (Fsp3) is 0.222.